The van der Waals surface area contributed by atoms with Gasteiger partial charge in [0.1, 0.15) is 23.6 Å². The summed E-state index contributed by atoms with van der Waals surface area (Å²) in [6.07, 6.45) is 2.97. The predicted octanol–water partition coefficient (Wildman–Crippen LogP) is 2.06. The van der Waals surface area contributed by atoms with E-state index in [0.717, 1.165) is 12.0 Å². The van der Waals surface area contributed by atoms with Crippen LogP contribution in [0.5, 0.6) is 0 Å². The van der Waals surface area contributed by atoms with Crippen molar-refractivity contribution < 1.29 is 18.8 Å². The number of carbonyl (C=O) groups excluding carboxylic acids is 3. The molecule has 3 amide bonds. The van der Waals surface area contributed by atoms with Crippen LogP contribution < -0.4 is 11.1 Å². The van der Waals surface area contributed by atoms with Crippen molar-refractivity contribution in [3.05, 3.63) is 59.7 Å². The second kappa shape index (κ2) is 10.00. The van der Waals surface area contributed by atoms with Gasteiger partial charge in [-0.15, -0.1) is 0 Å². The number of rotatable bonds is 7. The van der Waals surface area contributed by atoms with Crippen molar-refractivity contribution in [2.75, 3.05) is 6.54 Å². The first-order valence-electron chi connectivity index (χ1n) is 10.1. The minimum atomic E-state index is -0.827. The Morgan fingerprint density at radius 1 is 1.26 bits per heavy atom. The van der Waals surface area contributed by atoms with Gasteiger partial charge in [0, 0.05) is 30.8 Å². The van der Waals surface area contributed by atoms with E-state index in [0.29, 0.717) is 24.4 Å². The number of hydrogen-bond donors (Lipinski definition) is 2. The molecule has 0 saturated carbocycles. The molecule has 2 aromatic rings. The molecule has 1 saturated heterocycles. The van der Waals surface area contributed by atoms with E-state index in [1.54, 1.807) is 58.7 Å². The van der Waals surface area contributed by atoms with Crippen molar-refractivity contribution in [1.29, 1.82) is 0 Å². The molecule has 2 heterocycles. The third-order valence-corrected chi connectivity index (χ3v) is 6.86. The maximum Gasteiger partial charge on any atom is 0.271 e. The third-order valence-electron chi connectivity index (χ3n) is 5.47. The molecule has 1 fully saturated rings. The van der Waals surface area contributed by atoms with Crippen LogP contribution in [0.3, 0.4) is 0 Å². The molecule has 31 heavy (non-hydrogen) atoms. The highest BCUT2D eigenvalue weighted by Crippen LogP contribution is 2.31. The molecule has 3 N–H and O–H groups in total. The summed E-state index contributed by atoms with van der Waals surface area (Å²) in [4.78, 5) is 39.1. The second-order valence-electron chi connectivity index (χ2n) is 7.74. The van der Waals surface area contributed by atoms with Crippen LogP contribution in [0.4, 0.5) is 4.39 Å². The van der Waals surface area contributed by atoms with Gasteiger partial charge in [0.25, 0.3) is 5.91 Å². The van der Waals surface area contributed by atoms with Crippen LogP contribution in [-0.2, 0) is 22.4 Å². The fraction of sp³-hybridized carbons (Fsp3) is 0.409. The smallest absolute Gasteiger partial charge is 0.271 e. The molecule has 0 radical (unpaired) electrons. The quantitative estimate of drug-likeness (QED) is 0.680. The zero-order valence-electron chi connectivity index (χ0n) is 17.6. The number of nitrogens with two attached hydrogens (primary N) is 1. The minimum Gasteiger partial charge on any atom is -0.368 e. The zero-order chi connectivity index (χ0) is 22.5. The molecule has 0 bridgehead atoms. The highest BCUT2D eigenvalue weighted by atomic mass is 32.2. The van der Waals surface area contributed by atoms with Gasteiger partial charge in [0.15, 0.2) is 0 Å². The van der Waals surface area contributed by atoms with E-state index in [9.17, 15) is 18.8 Å². The number of amides is 3. The van der Waals surface area contributed by atoms with Gasteiger partial charge in [0.2, 0.25) is 11.8 Å². The topological polar surface area (TPSA) is 97.4 Å². The Hall–Kier alpha value is -2.81. The first-order chi connectivity index (χ1) is 14.8. The monoisotopic (exact) mass is 446 g/mol. The number of aromatic nitrogens is 1. The second-order valence-corrected chi connectivity index (χ2v) is 9.02. The van der Waals surface area contributed by atoms with Crippen molar-refractivity contribution in [2.24, 2.45) is 12.8 Å². The lowest BCUT2D eigenvalue weighted by Gasteiger charge is -2.38. The lowest BCUT2D eigenvalue weighted by atomic mass is 9.99. The number of nitrogens with one attached hydrogen (secondary N) is 1. The average Bonchev–Trinajstić information content (AvgIpc) is 3.18. The third kappa shape index (κ3) is 5.66. The Morgan fingerprint density at radius 2 is 1.97 bits per heavy atom. The van der Waals surface area contributed by atoms with Gasteiger partial charge >= 0.3 is 0 Å². The SMILES string of the molecule is CC(NC(=O)C1CC(SCc2ccc(F)cc2)CCN1C(=O)c1cccn1C)C(N)=O. The van der Waals surface area contributed by atoms with Gasteiger partial charge in [-0.25, -0.2) is 4.39 Å². The lowest BCUT2D eigenvalue weighted by Crippen LogP contribution is -2.57. The number of aryl methyl sites for hydroxylation is 1. The molecule has 3 unspecified atom stereocenters. The number of hydrogen-bond acceptors (Lipinski definition) is 4. The summed E-state index contributed by atoms with van der Waals surface area (Å²) in [5.41, 5.74) is 6.78. The lowest BCUT2D eigenvalue weighted by molar-refractivity contribution is -0.130. The molecule has 1 aromatic heterocycles. The molecule has 3 rings (SSSR count). The fourth-order valence-electron chi connectivity index (χ4n) is 3.58. The minimum absolute atomic E-state index is 0.141. The van der Waals surface area contributed by atoms with Crippen molar-refractivity contribution in [1.82, 2.24) is 14.8 Å². The number of thioether (sulfide) groups is 1. The summed E-state index contributed by atoms with van der Waals surface area (Å²) in [6, 6.07) is 8.32. The molecule has 1 aliphatic rings. The number of likely N-dealkylation sites (tertiary alicyclic amines) is 1. The highest BCUT2D eigenvalue weighted by molar-refractivity contribution is 7.99. The molecule has 1 aromatic carbocycles. The van der Waals surface area contributed by atoms with E-state index >= 15 is 0 Å². The van der Waals surface area contributed by atoms with Gasteiger partial charge in [-0.3, -0.25) is 14.4 Å². The summed E-state index contributed by atoms with van der Waals surface area (Å²) >= 11 is 1.68. The average molecular weight is 447 g/mol. The van der Waals surface area contributed by atoms with E-state index in [2.05, 4.69) is 5.32 Å². The van der Waals surface area contributed by atoms with Gasteiger partial charge in [-0.1, -0.05) is 12.1 Å². The van der Waals surface area contributed by atoms with Crippen molar-refractivity contribution in [3.8, 4) is 0 Å². The molecular weight excluding hydrogens is 419 g/mol. The molecule has 9 heteroatoms. The first kappa shape index (κ1) is 22.9. The molecule has 0 aliphatic carbocycles. The number of nitrogens with zero attached hydrogens (tertiary/aromatic N) is 2. The predicted molar refractivity (Wildman–Crippen MR) is 118 cm³/mol. The molecule has 0 spiro atoms. The van der Waals surface area contributed by atoms with Crippen LogP contribution in [0.25, 0.3) is 0 Å². The van der Waals surface area contributed by atoms with E-state index in [-0.39, 0.29) is 22.9 Å². The van der Waals surface area contributed by atoms with Crippen molar-refractivity contribution >= 4 is 29.5 Å². The van der Waals surface area contributed by atoms with Gasteiger partial charge in [-0.05, 0) is 49.6 Å². The largest absolute Gasteiger partial charge is 0.368 e. The van der Waals surface area contributed by atoms with E-state index in [4.69, 9.17) is 5.73 Å². The van der Waals surface area contributed by atoms with Crippen LogP contribution in [0.1, 0.15) is 35.8 Å². The van der Waals surface area contributed by atoms with Crippen LogP contribution >= 0.6 is 11.8 Å². The molecule has 7 nitrogen and oxygen atoms in total. The van der Waals surface area contributed by atoms with Crippen LogP contribution in [0, 0.1) is 5.82 Å². The Labute approximate surface area is 185 Å². The summed E-state index contributed by atoms with van der Waals surface area (Å²) in [6.45, 7) is 1.95. The van der Waals surface area contributed by atoms with Gasteiger partial charge in [0.05, 0.1) is 0 Å². The van der Waals surface area contributed by atoms with E-state index in [1.807, 2.05) is 0 Å². The number of halogens is 1. The first-order valence-corrected chi connectivity index (χ1v) is 11.2. The Bertz CT molecular complexity index is 946. The molecule has 166 valence electrons. The summed E-state index contributed by atoms with van der Waals surface area (Å²) < 4.78 is 14.8. The van der Waals surface area contributed by atoms with Crippen molar-refractivity contribution in [3.63, 3.8) is 0 Å². The summed E-state index contributed by atoms with van der Waals surface area (Å²) in [5.74, 6) is -0.835. The Morgan fingerprint density at radius 3 is 2.58 bits per heavy atom. The normalized spacial score (nSPS) is 19.6. The van der Waals surface area contributed by atoms with E-state index in [1.165, 1.54) is 19.1 Å². The maximum absolute atomic E-state index is 13.1. The number of benzene rings is 1. The van der Waals surface area contributed by atoms with Gasteiger partial charge < -0.3 is 20.5 Å². The summed E-state index contributed by atoms with van der Waals surface area (Å²) in [5, 5.41) is 2.77. The van der Waals surface area contributed by atoms with E-state index < -0.39 is 18.0 Å². The Balaban J connectivity index is 1.73. The van der Waals surface area contributed by atoms with Crippen LogP contribution in [0.15, 0.2) is 42.6 Å². The van der Waals surface area contributed by atoms with Crippen LogP contribution in [0.2, 0.25) is 0 Å². The maximum atomic E-state index is 13.1. The van der Waals surface area contributed by atoms with Crippen LogP contribution in [-0.4, -0.2) is 51.1 Å². The Kier molecular flexibility index (Phi) is 7.37. The fourth-order valence-corrected chi connectivity index (χ4v) is 4.79. The highest BCUT2D eigenvalue weighted by Gasteiger charge is 2.38. The molecule has 1 aliphatic heterocycles. The van der Waals surface area contributed by atoms with Crippen molar-refractivity contribution in [2.45, 2.75) is 42.9 Å². The molecule has 3 atom stereocenters. The standard InChI is InChI=1S/C22H27FN4O3S/c1-14(20(24)28)25-21(29)19-12-17(31-13-15-5-7-16(23)8-6-15)9-11-27(19)22(30)18-4-3-10-26(18)2/h3-8,10,14,17,19H,9,11-13H2,1-2H3,(H2,24,28)(H,25,29). The summed E-state index contributed by atoms with van der Waals surface area (Å²) in [7, 11) is 1.78. The van der Waals surface area contributed by atoms with Gasteiger partial charge in [-0.2, -0.15) is 11.8 Å². The number of primary amides is 1. The number of carbonyl (C=O) groups is 3. The zero-order valence-corrected chi connectivity index (χ0v) is 18.4. The number of piperidine rings is 1. The molecular formula is C22H27FN4O3S.